The van der Waals surface area contributed by atoms with Gasteiger partial charge < -0.3 is 10.4 Å². The number of benzene rings is 2. The van der Waals surface area contributed by atoms with Gasteiger partial charge in [-0.15, -0.1) is 0 Å². The second kappa shape index (κ2) is 8.74. The topological polar surface area (TPSA) is 93.2 Å². The van der Waals surface area contributed by atoms with Crippen LogP contribution in [0.2, 0.25) is 10.0 Å². The molecular weight excluding hydrogens is 443 g/mol. The highest BCUT2D eigenvalue weighted by molar-refractivity contribution is 6.30. The van der Waals surface area contributed by atoms with E-state index in [2.05, 4.69) is 10.2 Å². The van der Waals surface area contributed by atoms with Gasteiger partial charge in [0.1, 0.15) is 6.17 Å². The van der Waals surface area contributed by atoms with Crippen LogP contribution in [0.1, 0.15) is 17.2 Å². The minimum absolute atomic E-state index is 0.138. The van der Waals surface area contributed by atoms with Crippen LogP contribution in [0, 0.1) is 0 Å². The van der Waals surface area contributed by atoms with Gasteiger partial charge in [0.2, 0.25) is 0 Å². The molecule has 1 atom stereocenters. The Labute approximate surface area is 188 Å². The lowest BCUT2D eigenvalue weighted by molar-refractivity contribution is -0.130. The van der Waals surface area contributed by atoms with E-state index in [9.17, 15) is 19.5 Å². The lowest BCUT2D eigenvalue weighted by atomic mass is 9.96. The molecule has 0 spiro atoms. The Hall–Kier alpha value is -2.81. The predicted molar refractivity (Wildman–Crippen MR) is 115 cm³/mol. The molecule has 0 aliphatic carbocycles. The quantitative estimate of drug-likeness (QED) is 0.680. The van der Waals surface area contributed by atoms with Crippen molar-refractivity contribution < 1.29 is 19.5 Å². The van der Waals surface area contributed by atoms with E-state index >= 15 is 0 Å². The summed E-state index contributed by atoms with van der Waals surface area (Å²) < 4.78 is 0. The number of hydrogen-bond donors (Lipinski definition) is 2. The van der Waals surface area contributed by atoms with E-state index in [1.165, 1.54) is 0 Å². The Morgan fingerprint density at radius 2 is 1.52 bits per heavy atom. The van der Waals surface area contributed by atoms with Gasteiger partial charge in [-0.1, -0.05) is 47.5 Å². The van der Waals surface area contributed by atoms with Crippen molar-refractivity contribution in [3.8, 4) is 0 Å². The van der Waals surface area contributed by atoms with Crippen molar-refractivity contribution in [2.24, 2.45) is 0 Å². The van der Waals surface area contributed by atoms with Gasteiger partial charge in [0.25, 0.3) is 5.91 Å². The fourth-order valence-electron chi connectivity index (χ4n) is 4.10. The summed E-state index contributed by atoms with van der Waals surface area (Å²) in [6, 6.07) is 14.0. The number of nitrogens with one attached hydrogen (secondary N) is 1. The standard InChI is InChI=1S/C21H20Cl2N4O4/c22-15-5-1-13(2-6-15)19(14-3-7-16(23)8-4-14)25-9-10-26(21(30)31)17(12-25)27-18(28)11-24-20(27)29/h1-8,17,19H,9-12H2,(H,24,29)(H,30,31). The first-order valence-corrected chi connectivity index (χ1v) is 10.4. The Bertz CT molecular complexity index is 938. The van der Waals surface area contributed by atoms with Crippen LogP contribution in [0.15, 0.2) is 48.5 Å². The molecule has 0 aromatic heterocycles. The molecule has 2 aliphatic rings. The van der Waals surface area contributed by atoms with Crippen molar-refractivity contribution in [1.29, 1.82) is 0 Å². The lowest BCUT2D eigenvalue weighted by Crippen LogP contribution is -2.63. The Balaban J connectivity index is 1.71. The maximum atomic E-state index is 12.3. The monoisotopic (exact) mass is 462 g/mol. The van der Waals surface area contributed by atoms with E-state index in [4.69, 9.17) is 23.2 Å². The van der Waals surface area contributed by atoms with E-state index in [-0.39, 0.29) is 25.7 Å². The van der Waals surface area contributed by atoms with Crippen molar-refractivity contribution in [2.75, 3.05) is 26.2 Å². The number of nitrogens with zero attached hydrogens (tertiary/aromatic N) is 3. The molecule has 2 aromatic carbocycles. The number of piperazine rings is 1. The number of carbonyl (C=O) groups excluding carboxylic acids is 2. The Morgan fingerprint density at radius 1 is 0.968 bits per heavy atom. The average molecular weight is 463 g/mol. The summed E-state index contributed by atoms with van der Waals surface area (Å²) in [6.07, 6.45) is -2.10. The third kappa shape index (κ3) is 4.32. The van der Waals surface area contributed by atoms with Gasteiger partial charge in [0.15, 0.2) is 0 Å². The molecule has 2 saturated heterocycles. The molecule has 2 aliphatic heterocycles. The maximum absolute atomic E-state index is 12.3. The Morgan fingerprint density at radius 3 is 1.97 bits per heavy atom. The van der Waals surface area contributed by atoms with Gasteiger partial charge >= 0.3 is 12.1 Å². The van der Waals surface area contributed by atoms with Crippen molar-refractivity contribution in [3.05, 3.63) is 69.7 Å². The second-order valence-electron chi connectivity index (χ2n) is 7.38. The van der Waals surface area contributed by atoms with E-state index in [0.29, 0.717) is 16.6 Å². The zero-order valence-corrected chi connectivity index (χ0v) is 17.9. The van der Waals surface area contributed by atoms with Crippen LogP contribution in [0.25, 0.3) is 0 Å². The summed E-state index contributed by atoms with van der Waals surface area (Å²) in [6.45, 7) is 0.596. The van der Waals surface area contributed by atoms with Gasteiger partial charge in [-0.2, -0.15) is 0 Å². The molecule has 0 radical (unpaired) electrons. The number of carboxylic acid groups (broad SMARTS) is 1. The van der Waals surface area contributed by atoms with Crippen LogP contribution < -0.4 is 5.32 Å². The first kappa shape index (κ1) is 21.4. The van der Waals surface area contributed by atoms with E-state index < -0.39 is 24.2 Å². The molecule has 2 heterocycles. The normalized spacial score (nSPS) is 19.8. The fourth-order valence-corrected chi connectivity index (χ4v) is 4.36. The van der Waals surface area contributed by atoms with Gasteiger partial charge in [-0.05, 0) is 35.4 Å². The SMILES string of the molecule is O=C(O)N1CCN(C(c2ccc(Cl)cc2)c2ccc(Cl)cc2)CC1N1C(=O)CNC1=O. The number of amides is 4. The van der Waals surface area contributed by atoms with Crippen LogP contribution in [0.3, 0.4) is 0 Å². The Kier molecular flexibility index (Phi) is 6.04. The molecule has 162 valence electrons. The third-order valence-corrected chi connectivity index (χ3v) is 6.05. The molecule has 8 nitrogen and oxygen atoms in total. The van der Waals surface area contributed by atoms with Crippen molar-refractivity contribution in [3.63, 3.8) is 0 Å². The highest BCUT2D eigenvalue weighted by Gasteiger charge is 2.44. The van der Waals surface area contributed by atoms with Gasteiger partial charge in [0, 0.05) is 29.7 Å². The average Bonchev–Trinajstić information content (AvgIpc) is 3.08. The summed E-state index contributed by atoms with van der Waals surface area (Å²) >= 11 is 12.1. The zero-order chi connectivity index (χ0) is 22.1. The molecule has 0 saturated carbocycles. The molecule has 4 amide bonds. The third-order valence-electron chi connectivity index (χ3n) is 5.54. The molecule has 31 heavy (non-hydrogen) atoms. The van der Waals surface area contributed by atoms with Gasteiger partial charge in [0.05, 0.1) is 12.6 Å². The van der Waals surface area contributed by atoms with Gasteiger partial charge in [-0.3, -0.25) is 14.6 Å². The van der Waals surface area contributed by atoms with Gasteiger partial charge in [-0.25, -0.2) is 14.5 Å². The van der Waals surface area contributed by atoms with E-state index in [1.54, 1.807) is 24.3 Å². The minimum atomic E-state index is -1.17. The number of halogens is 2. The molecule has 2 N–H and O–H groups in total. The molecule has 4 rings (SSSR count). The zero-order valence-electron chi connectivity index (χ0n) is 16.4. The van der Waals surface area contributed by atoms with Crippen molar-refractivity contribution in [1.82, 2.24) is 20.0 Å². The highest BCUT2D eigenvalue weighted by Crippen LogP contribution is 2.33. The van der Waals surface area contributed by atoms with Crippen LogP contribution in [0.5, 0.6) is 0 Å². The predicted octanol–water partition coefficient (Wildman–Crippen LogP) is 3.26. The molecule has 10 heteroatoms. The number of rotatable bonds is 4. The van der Waals surface area contributed by atoms with Crippen LogP contribution >= 0.6 is 23.2 Å². The smallest absolute Gasteiger partial charge is 0.409 e. The van der Waals surface area contributed by atoms with Crippen LogP contribution in [-0.4, -0.2) is 70.2 Å². The number of imide groups is 1. The molecule has 0 bridgehead atoms. The van der Waals surface area contributed by atoms with E-state index in [1.807, 2.05) is 24.3 Å². The van der Waals surface area contributed by atoms with E-state index in [0.717, 1.165) is 20.9 Å². The molecule has 2 aromatic rings. The molecule has 2 fully saturated rings. The largest absolute Gasteiger partial charge is 0.465 e. The molecular formula is C21H20Cl2N4O4. The first-order chi connectivity index (χ1) is 14.8. The first-order valence-electron chi connectivity index (χ1n) is 9.69. The summed E-state index contributed by atoms with van der Waals surface area (Å²) in [5.74, 6) is -0.447. The number of carbonyl (C=O) groups is 3. The summed E-state index contributed by atoms with van der Waals surface area (Å²) in [4.78, 5) is 40.6. The summed E-state index contributed by atoms with van der Waals surface area (Å²) in [7, 11) is 0. The number of urea groups is 1. The number of hydrogen-bond acceptors (Lipinski definition) is 4. The summed E-state index contributed by atoms with van der Waals surface area (Å²) in [5.41, 5.74) is 1.90. The van der Waals surface area contributed by atoms with Crippen molar-refractivity contribution in [2.45, 2.75) is 12.2 Å². The van der Waals surface area contributed by atoms with Crippen LogP contribution in [0.4, 0.5) is 9.59 Å². The lowest BCUT2D eigenvalue weighted by Gasteiger charge is -2.45. The highest BCUT2D eigenvalue weighted by atomic mass is 35.5. The second-order valence-corrected chi connectivity index (χ2v) is 8.25. The van der Waals surface area contributed by atoms with Crippen molar-refractivity contribution >= 4 is 41.2 Å². The fraction of sp³-hybridized carbons (Fsp3) is 0.286. The maximum Gasteiger partial charge on any atom is 0.409 e. The van der Waals surface area contributed by atoms with Crippen LogP contribution in [-0.2, 0) is 4.79 Å². The molecule has 1 unspecified atom stereocenters. The summed E-state index contributed by atoms with van der Waals surface area (Å²) in [5, 5.41) is 13.3. The minimum Gasteiger partial charge on any atom is -0.465 e.